The van der Waals surface area contributed by atoms with Crippen molar-refractivity contribution in [1.82, 2.24) is 24.3 Å². The molecule has 184 valence electrons. The topological polar surface area (TPSA) is 74.6 Å². The van der Waals surface area contributed by atoms with Gasteiger partial charge in [-0.3, -0.25) is 19.1 Å². The van der Waals surface area contributed by atoms with Crippen LogP contribution in [0.4, 0.5) is 5.82 Å². The Kier molecular flexibility index (Phi) is 7.08. The van der Waals surface area contributed by atoms with Crippen molar-refractivity contribution < 1.29 is 4.79 Å². The molecule has 0 bridgehead atoms. The van der Waals surface area contributed by atoms with Crippen LogP contribution in [0.1, 0.15) is 24.8 Å². The van der Waals surface area contributed by atoms with Crippen molar-refractivity contribution in [2.75, 3.05) is 50.7 Å². The summed E-state index contributed by atoms with van der Waals surface area (Å²) >= 11 is 0. The van der Waals surface area contributed by atoms with Gasteiger partial charge >= 0.3 is 0 Å². The summed E-state index contributed by atoms with van der Waals surface area (Å²) in [7, 11) is 0. The second-order valence-corrected chi connectivity index (χ2v) is 9.79. The molecule has 4 heterocycles. The summed E-state index contributed by atoms with van der Waals surface area (Å²) < 4.78 is 1.57. The van der Waals surface area contributed by atoms with Gasteiger partial charge in [-0.15, -0.1) is 0 Å². The Morgan fingerprint density at radius 1 is 1.03 bits per heavy atom. The van der Waals surface area contributed by atoms with Crippen LogP contribution in [-0.2, 0) is 11.3 Å². The van der Waals surface area contributed by atoms with Gasteiger partial charge in [0.1, 0.15) is 5.82 Å². The number of piperazine rings is 1. The molecule has 2 saturated heterocycles. The van der Waals surface area contributed by atoms with E-state index in [9.17, 15) is 9.59 Å². The Hall–Kier alpha value is -3.26. The van der Waals surface area contributed by atoms with E-state index in [2.05, 4.69) is 25.8 Å². The Bertz CT molecular complexity index is 1220. The van der Waals surface area contributed by atoms with Gasteiger partial charge in [-0.2, -0.15) is 0 Å². The highest BCUT2D eigenvalue weighted by atomic mass is 16.2. The predicted octanol–water partition coefficient (Wildman–Crippen LogP) is 2.55. The number of aryl methyl sites for hydroxylation is 2. The number of piperidine rings is 1. The second-order valence-electron chi connectivity index (χ2n) is 9.79. The molecule has 2 aliphatic heterocycles. The molecule has 0 saturated carbocycles. The van der Waals surface area contributed by atoms with Crippen LogP contribution in [0.5, 0.6) is 0 Å². The SMILES string of the molecule is Cc1cccc2c(=O)n(CCC(=O)N3CCCC(CN4CCN(c5ccccn5)CC4)C3)cnc12. The van der Waals surface area contributed by atoms with Crippen LogP contribution in [0, 0.1) is 12.8 Å². The van der Waals surface area contributed by atoms with E-state index in [0.29, 0.717) is 24.3 Å². The maximum absolute atomic E-state index is 13.0. The molecule has 3 aromatic rings. The predicted molar refractivity (Wildman–Crippen MR) is 138 cm³/mol. The fourth-order valence-electron chi connectivity index (χ4n) is 5.38. The monoisotopic (exact) mass is 474 g/mol. The zero-order valence-electron chi connectivity index (χ0n) is 20.5. The van der Waals surface area contributed by atoms with E-state index >= 15 is 0 Å². The number of anilines is 1. The van der Waals surface area contributed by atoms with E-state index in [4.69, 9.17) is 0 Å². The van der Waals surface area contributed by atoms with Gasteiger partial charge in [-0.25, -0.2) is 9.97 Å². The number of fused-ring (bicyclic) bond motifs is 1. The molecule has 1 aromatic carbocycles. The molecule has 0 aliphatic carbocycles. The van der Waals surface area contributed by atoms with Crippen LogP contribution in [0.3, 0.4) is 0 Å². The van der Waals surface area contributed by atoms with Crippen LogP contribution >= 0.6 is 0 Å². The maximum Gasteiger partial charge on any atom is 0.261 e. The van der Waals surface area contributed by atoms with Crippen molar-refractivity contribution in [3.05, 3.63) is 64.8 Å². The number of carbonyl (C=O) groups excluding carboxylic acids is 1. The molecule has 1 unspecified atom stereocenters. The quantitative estimate of drug-likeness (QED) is 0.547. The number of carbonyl (C=O) groups is 1. The van der Waals surface area contributed by atoms with E-state index in [-0.39, 0.29) is 11.5 Å². The lowest BCUT2D eigenvalue weighted by Crippen LogP contribution is -2.50. The molecule has 0 N–H and O–H groups in total. The maximum atomic E-state index is 13.0. The average Bonchev–Trinajstić information content (AvgIpc) is 2.90. The third-order valence-corrected chi connectivity index (χ3v) is 7.36. The lowest BCUT2D eigenvalue weighted by atomic mass is 9.96. The number of aromatic nitrogens is 3. The van der Waals surface area contributed by atoms with E-state index in [1.54, 1.807) is 17.0 Å². The highest BCUT2D eigenvalue weighted by molar-refractivity contribution is 5.80. The summed E-state index contributed by atoms with van der Waals surface area (Å²) in [5, 5.41) is 0.612. The number of para-hydroxylation sites is 1. The van der Waals surface area contributed by atoms with Crippen LogP contribution in [0.25, 0.3) is 10.9 Å². The summed E-state index contributed by atoms with van der Waals surface area (Å²) in [6.45, 7) is 9.00. The number of hydrogen-bond donors (Lipinski definition) is 0. The first kappa shape index (κ1) is 23.5. The molecule has 1 atom stereocenters. The zero-order chi connectivity index (χ0) is 24.2. The number of pyridine rings is 1. The second kappa shape index (κ2) is 10.6. The van der Waals surface area contributed by atoms with Crippen LogP contribution in [-0.4, -0.2) is 76.1 Å². The molecular weight excluding hydrogens is 440 g/mol. The molecule has 2 aliphatic rings. The summed E-state index contributed by atoms with van der Waals surface area (Å²) in [5.74, 6) is 1.69. The highest BCUT2D eigenvalue weighted by Crippen LogP contribution is 2.20. The van der Waals surface area contributed by atoms with Gasteiger partial charge in [-0.1, -0.05) is 18.2 Å². The third-order valence-electron chi connectivity index (χ3n) is 7.36. The van der Waals surface area contributed by atoms with E-state index < -0.39 is 0 Å². The first-order chi connectivity index (χ1) is 17.1. The standard InChI is InChI=1S/C27H34N6O2/c1-21-6-4-8-23-26(21)29-20-33(27(23)35)13-10-25(34)32-12-5-7-22(19-32)18-30-14-16-31(17-15-30)24-9-2-3-11-28-24/h2-4,6,8-9,11,20,22H,5,7,10,12-19H2,1H3. The summed E-state index contributed by atoms with van der Waals surface area (Å²) in [4.78, 5) is 41.7. The third kappa shape index (κ3) is 5.37. The fraction of sp³-hybridized carbons (Fsp3) is 0.481. The van der Waals surface area contributed by atoms with Crippen molar-refractivity contribution in [2.24, 2.45) is 5.92 Å². The first-order valence-electron chi connectivity index (χ1n) is 12.7. The minimum absolute atomic E-state index is 0.0761. The molecule has 0 spiro atoms. The molecule has 8 nitrogen and oxygen atoms in total. The number of rotatable bonds is 6. The van der Waals surface area contributed by atoms with Crippen LogP contribution < -0.4 is 10.5 Å². The Balaban J connectivity index is 1.12. The van der Waals surface area contributed by atoms with Crippen molar-refractivity contribution in [3.63, 3.8) is 0 Å². The van der Waals surface area contributed by atoms with Crippen molar-refractivity contribution in [2.45, 2.75) is 32.7 Å². The lowest BCUT2D eigenvalue weighted by Gasteiger charge is -2.39. The van der Waals surface area contributed by atoms with Gasteiger partial charge in [0.25, 0.3) is 5.56 Å². The van der Waals surface area contributed by atoms with Crippen LogP contribution in [0.2, 0.25) is 0 Å². The van der Waals surface area contributed by atoms with Gasteiger partial charge in [0.05, 0.1) is 17.2 Å². The smallest absolute Gasteiger partial charge is 0.261 e. The largest absolute Gasteiger partial charge is 0.354 e. The van der Waals surface area contributed by atoms with Crippen molar-refractivity contribution >= 4 is 22.6 Å². The molecule has 0 radical (unpaired) electrons. The van der Waals surface area contributed by atoms with Crippen LogP contribution in [0.15, 0.2) is 53.7 Å². The van der Waals surface area contributed by atoms with E-state index in [1.807, 2.05) is 42.3 Å². The molecule has 35 heavy (non-hydrogen) atoms. The van der Waals surface area contributed by atoms with E-state index in [0.717, 1.165) is 75.6 Å². The Morgan fingerprint density at radius 2 is 1.89 bits per heavy atom. The van der Waals surface area contributed by atoms with E-state index in [1.165, 1.54) is 0 Å². The van der Waals surface area contributed by atoms with Crippen molar-refractivity contribution in [1.29, 1.82) is 0 Å². The number of amides is 1. The summed E-state index contributed by atoms with van der Waals surface area (Å²) in [6.07, 6.45) is 5.96. The summed E-state index contributed by atoms with van der Waals surface area (Å²) in [5.41, 5.74) is 1.65. The van der Waals surface area contributed by atoms with Gasteiger partial charge in [0.15, 0.2) is 0 Å². The highest BCUT2D eigenvalue weighted by Gasteiger charge is 2.27. The number of nitrogens with zero attached hydrogens (tertiary/aromatic N) is 6. The van der Waals surface area contributed by atoms with Gasteiger partial charge in [0, 0.05) is 65.0 Å². The Labute approximate surface area is 206 Å². The molecular formula is C27H34N6O2. The lowest BCUT2D eigenvalue weighted by molar-refractivity contribution is -0.133. The molecule has 2 fully saturated rings. The number of hydrogen-bond acceptors (Lipinski definition) is 6. The minimum Gasteiger partial charge on any atom is -0.354 e. The van der Waals surface area contributed by atoms with Crippen molar-refractivity contribution in [3.8, 4) is 0 Å². The first-order valence-corrected chi connectivity index (χ1v) is 12.7. The molecule has 5 rings (SSSR count). The number of benzene rings is 1. The molecule has 2 aromatic heterocycles. The fourth-order valence-corrected chi connectivity index (χ4v) is 5.38. The Morgan fingerprint density at radius 3 is 2.69 bits per heavy atom. The van der Waals surface area contributed by atoms with Gasteiger partial charge in [0.2, 0.25) is 5.91 Å². The summed E-state index contributed by atoms with van der Waals surface area (Å²) in [6, 6.07) is 11.7. The normalized spacial score (nSPS) is 19.3. The minimum atomic E-state index is -0.0761. The molecule has 8 heteroatoms. The van der Waals surface area contributed by atoms with Gasteiger partial charge < -0.3 is 9.80 Å². The zero-order valence-corrected chi connectivity index (χ0v) is 20.5. The molecule has 1 amide bonds. The number of likely N-dealkylation sites (tertiary alicyclic amines) is 1. The van der Waals surface area contributed by atoms with Gasteiger partial charge in [-0.05, 0) is 49.4 Å². The average molecular weight is 475 g/mol.